The quantitative estimate of drug-likeness (QED) is 0.306. The third kappa shape index (κ3) is 5.92. The van der Waals surface area contributed by atoms with Gasteiger partial charge in [-0.3, -0.25) is 4.99 Å². The van der Waals surface area contributed by atoms with E-state index in [-0.39, 0.29) is 30.1 Å². The number of fused-ring (bicyclic) bond motifs is 1. The lowest BCUT2D eigenvalue weighted by Crippen LogP contribution is -2.42. The van der Waals surface area contributed by atoms with Crippen LogP contribution in [0.2, 0.25) is 0 Å². The van der Waals surface area contributed by atoms with Crippen molar-refractivity contribution in [2.75, 3.05) is 20.1 Å². The molecule has 1 unspecified atom stereocenters. The molecule has 25 heavy (non-hydrogen) atoms. The number of aryl methyl sites for hydroxylation is 1. The predicted molar refractivity (Wildman–Crippen MR) is 114 cm³/mol. The van der Waals surface area contributed by atoms with E-state index in [4.69, 9.17) is 4.74 Å². The Hall–Kier alpha value is -1.76. The SMILES string of the molecule is CN=C(NCCCc1ccccc1)NCC1Cc2ccccc2O1.I. The monoisotopic (exact) mass is 451 g/mol. The summed E-state index contributed by atoms with van der Waals surface area (Å²) in [5.74, 6) is 1.85. The van der Waals surface area contributed by atoms with Crippen molar-refractivity contribution in [1.82, 2.24) is 10.6 Å². The molecule has 1 atom stereocenters. The molecule has 0 saturated heterocycles. The van der Waals surface area contributed by atoms with E-state index in [2.05, 4.69) is 58.1 Å². The minimum absolute atomic E-state index is 0. The van der Waals surface area contributed by atoms with Gasteiger partial charge in [-0.25, -0.2) is 0 Å². The lowest BCUT2D eigenvalue weighted by molar-refractivity contribution is 0.235. The molecule has 1 aliphatic heterocycles. The van der Waals surface area contributed by atoms with E-state index in [9.17, 15) is 0 Å². The number of aliphatic imine (C=N–C) groups is 1. The first-order valence-electron chi connectivity index (χ1n) is 8.58. The molecule has 1 aliphatic rings. The van der Waals surface area contributed by atoms with E-state index in [0.717, 1.165) is 44.1 Å². The first kappa shape index (κ1) is 19.6. The van der Waals surface area contributed by atoms with E-state index in [1.807, 2.05) is 12.1 Å². The Morgan fingerprint density at radius 3 is 2.60 bits per heavy atom. The van der Waals surface area contributed by atoms with Crippen molar-refractivity contribution in [2.45, 2.75) is 25.4 Å². The summed E-state index contributed by atoms with van der Waals surface area (Å²) in [4.78, 5) is 4.28. The summed E-state index contributed by atoms with van der Waals surface area (Å²) in [6.07, 6.45) is 3.28. The van der Waals surface area contributed by atoms with Crippen LogP contribution in [-0.4, -0.2) is 32.2 Å². The predicted octanol–water partition coefficient (Wildman–Crippen LogP) is 3.41. The zero-order valence-corrected chi connectivity index (χ0v) is 16.9. The zero-order chi connectivity index (χ0) is 16.6. The molecule has 4 nitrogen and oxygen atoms in total. The Bertz CT molecular complexity index is 651. The molecular formula is C20H26IN3O. The van der Waals surface area contributed by atoms with Gasteiger partial charge in [-0.05, 0) is 30.0 Å². The first-order chi connectivity index (χ1) is 11.8. The third-order valence-electron chi connectivity index (χ3n) is 4.21. The van der Waals surface area contributed by atoms with E-state index >= 15 is 0 Å². The van der Waals surface area contributed by atoms with Gasteiger partial charge in [0.15, 0.2) is 5.96 Å². The second kappa shape index (κ2) is 10.3. The van der Waals surface area contributed by atoms with Crippen molar-refractivity contribution < 1.29 is 4.74 Å². The number of hydrogen-bond donors (Lipinski definition) is 2. The minimum atomic E-state index is 0. The molecule has 134 valence electrons. The standard InChI is InChI=1S/C20H25N3O.HI/c1-21-20(22-13-7-10-16-8-3-2-4-9-16)23-15-18-14-17-11-5-6-12-19(17)24-18;/h2-6,8-9,11-12,18H,7,10,13-15H2,1H3,(H2,21,22,23);1H. The summed E-state index contributed by atoms with van der Waals surface area (Å²) in [5.41, 5.74) is 2.66. The van der Waals surface area contributed by atoms with E-state index < -0.39 is 0 Å². The molecule has 2 N–H and O–H groups in total. The van der Waals surface area contributed by atoms with Gasteiger partial charge in [0.1, 0.15) is 11.9 Å². The highest BCUT2D eigenvalue weighted by Gasteiger charge is 2.22. The van der Waals surface area contributed by atoms with Crippen LogP contribution in [0.4, 0.5) is 0 Å². The van der Waals surface area contributed by atoms with Gasteiger partial charge in [0.25, 0.3) is 0 Å². The topological polar surface area (TPSA) is 45.7 Å². The molecular weight excluding hydrogens is 425 g/mol. The average molecular weight is 451 g/mol. The minimum Gasteiger partial charge on any atom is -0.488 e. The van der Waals surface area contributed by atoms with Crippen LogP contribution in [0.1, 0.15) is 17.5 Å². The number of benzene rings is 2. The molecule has 0 fully saturated rings. The summed E-state index contributed by atoms with van der Waals surface area (Å²) in [6, 6.07) is 18.8. The van der Waals surface area contributed by atoms with Crippen molar-refractivity contribution in [3.63, 3.8) is 0 Å². The fourth-order valence-electron chi connectivity index (χ4n) is 2.94. The van der Waals surface area contributed by atoms with E-state index in [1.54, 1.807) is 7.05 Å². The van der Waals surface area contributed by atoms with Gasteiger partial charge in [-0.15, -0.1) is 24.0 Å². The van der Waals surface area contributed by atoms with Crippen LogP contribution in [0.5, 0.6) is 5.75 Å². The molecule has 3 rings (SSSR count). The lowest BCUT2D eigenvalue weighted by atomic mass is 10.1. The Balaban J connectivity index is 0.00000225. The number of halogens is 1. The van der Waals surface area contributed by atoms with Gasteiger partial charge in [-0.2, -0.15) is 0 Å². The van der Waals surface area contributed by atoms with Gasteiger partial charge in [0, 0.05) is 20.0 Å². The largest absolute Gasteiger partial charge is 0.488 e. The molecule has 1 heterocycles. The van der Waals surface area contributed by atoms with Crippen molar-refractivity contribution in [2.24, 2.45) is 4.99 Å². The summed E-state index contributed by atoms with van der Waals surface area (Å²) < 4.78 is 5.94. The fraction of sp³-hybridized carbons (Fsp3) is 0.350. The Kier molecular flexibility index (Phi) is 8.04. The molecule has 0 saturated carbocycles. The molecule has 0 amide bonds. The number of rotatable bonds is 6. The molecule has 0 bridgehead atoms. The summed E-state index contributed by atoms with van der Waals surface area (Å²) >= 11 is 0. The maximum absolute atomic E-state index is 5.94. The van der Waals surface area contributed by atoms with Crippen LogP contribution in [-0.2, 0) is 12.8 Å². The van der Waals surface area contributed by atoms with Crippen molar-refractivity contribution in [1.29, 1.82) is 0 Å². The van der Waals surface area contributed by atoms with Crippen LogP contribution in [0.25, 0.3) is 0 Å². The van der Waals surface area contributed by atoms with Crippen LogP contribution in [0, 0.1) is 0 Å². The molecule has 5 heteroatoms. The maximum Gasteiger partial charge on any atom is 0.191 e. The average Bonchev–Trinajstić information content (AvgIpc) is 3.05. The zero-order valence-electron chi connectivity index (χ0n) is 14.6. The number of para-hydroxylation sites is 1. The molecule has 0 radical (unpaired) electrons. The number of nitrogens with one attached hydrogen (secondary N) is 2. The molecule has 2 aromatic carbocycles. The van der Waals surface area contributed by atoms with Gasteiger partial charge < -0.3 is 15.4 Å². The Morgan fingerprint density at radius 2 is 1.84 bits per heavy atom. The smallest absolute Gasteiger partial charge is 0.191 e. The molecule has 0 aromatic heterocycles. The van der Waals surface area contributed by atoms with Crippen LogP contribution >= 0.6 is 24.0 Å². The number of hydrogen-bond acceptors (Lipinski definition) is 2. The Morgan fingerprint density at radius 1 is 1.08 bits per heavy atom. The third-order valence-corrected chi connectivity index (χ3v) is 4.21. The van der Waals surface area contributed by atoms with E-state index in [0.29, 0.717) is 0 Å². The molecule has 0 aliphatic carbocycles. The van der Waals surface area contributed by atoms with Gasteiger partial charge >= 0.3 is 0 Å². The number of ether oxygens (including phenoxy) is 1. The van der Waals surface area contributed by atoms with Crippen LogP contribution in [0.15, 0.2) is 59.6 Å². The van der Waals surface area contributed by atoms with Crippen molar-refractivity contribution in [3.05, 3.63) is 65.7 Å². The maximum atomic E-state index is 5.94. The summed E-state index contributed by atoms with van der Waals surface area (Å²) in [5, 5.41) is 6.73. The Labute approximate surface area is 167 Å². The normalized spacial score (nSPS) is 15.7. The van der Waals surface area contributed by atoms with Gasteiger partial charge in [-0.1, -0.05) is 48.5 Å². The molecule has 2 aromatic rings. The highest BCUT2D eigenvalue weighted by Crippen LogP contribution is 2.27. The van der Waals surface area contributed by atoms with Gasteiger partial charge in [0.2, 0.25) is 0 Å². The number of guanidine groups is 1. The van der Waals surface area contributed by atoms with Crippen LogP contribution in [0.3, 0.4) is 0 Å². The lowest BCUT2D eigenvalue weighted by Gasteiger charge is -2.15. The first-order valence-corrected chi connectivity index (χ1v) is 8.58. The van der Waals surface area contributed by atoms with E-state index in [1.165, 1.54) is 11.1 Å². The highest BCUT2D eigenvalue weighted by atomic mass is 127. The van der Waals surface area contributed by atoms with Crippen LogP contribution < -0.4 is 15.4 Å². The molecule has 0 spiro atoms. The number of nitrogens with zero attached hydrogens (tertiary/aromatic N) is 1. The summed E-state index contributed by atoms with van der Waals surface area (Å²) in [7, 11) is 1.80. The summed E-state index contributed by atoms with van der Waals surface area (Å²) in [6.45, 7) is 1.66. The van der Waals surface area contributed by atoms with Crippen molar-refractivity contribution >= 4 is 29.9 Å². The van der Waals surface area contributed by atoms with Gasteiger partial charge in [0.05, 0.1) is 6.54 Å². The second-order valence-corrected chi connectivity index (χ2v) is 6.02. The second-order valence-electron chi connectivity index (χ2n) is 6.02. The van der Waals surface area contributed by atoms with Crippen molar-refractivity contribution in [3.8, 4) is 5.75 Å². The fourth-order valence-corrected chi connectivity index (χ4v) is 2.94. The highest BCUT2D eigenvalue weighted by molar-refractivity contribution is 14.0.